The summed E-state index contributed by atoms with van der Waals surface area (Å²) in [5.74, 6) is -1.74. The van der Waals surface area contributed by atoms with Crippen molar-refractivity contribution in [3.05, 3.63) is 85.1 Å². The molecule has 0 rings (SSSR count). The Morgan fingerprint density at radius 3 is 1.11 bits per heavy atom. The number of esters is 2. The first kappa shape index (κ1) is 66.5. The largest absolute Gasteiger partial charge is 0.544 e. The smallest absolute Gasteiger partial charge is 0.306 e. The maximum absolute atomic E-state index is 12.8. The van der Waals surface area contributed by atoms with Gasteiger partial charge in [0.15, 0.2) is 6.10 Å². The molecule has 0 heterocycles. The van der Waals surface area contributed by atoms with E-state index in [-0.39, 0.29) is 42.7 Å². The standard InChI is InChI=1S/C62H107NO7/c1-6-8-10-12-14-16-18-20-22-24-26-28-30-32-34-36-38-40-42-44-46-48-50-52-60(64)69-57-58(56-68-55-54-59(62(66)67)63(3,4)5)70-61(65)53-51-49-47-45-43-41-39-37-35-33-31-29-27-25-23-21-19-17-15-13-11-9-7-2/h8-11,14-17,20-23,27,29,58-59H,6-7,12-13,18-19,24-26,28,30-57H2,1-5H3/b10-8+,11-9+,16-14+,17-15+,22-20+,23-21+,29-27+. The van der Waals surface area contributed by atoms with E-state index in [1.165, 1.54) is 122 Å². The molecular formula is C62H107NO7. The molecule has 0 spiro atoms. The lowest BCUT2D eigenvalue weighted by Crippen LogP contribution is -2.55. The van der Waals surface area contributed by atoms with Crippen molar-refractivity contribution in [3.8, 4) is 0 Å². The molecule has 0 aliphatic heterocycles. The monoisotopic (exact) mass is 978 g/mol. The Hall–Kier alpha value is -3.49. The molecule has 8 nitrogen and oxygen atoms in total. The van der Waals surface area contributed by atoms with Crippen LogP contribution in [-0.2, 0) is 28.6 Å². The molecule has 8 heteroatoms. The van der Waals surface area contributed by atoms with Gasteiger partial charge in [0.05, 0.1) is 40.3 Å². The zero-order chi connectivity index (χ0) is 51.3. The van der Waals surface area contributed by atoms with Crippen LogP contribution < -0.4 is 5.11 Å². The van der Waals surface area contributed by atoms with Gasteiger partial charge in [-0.15, -0.1) is 0 Å². The number of hydrogen-bond acceptors (Lipinski definition) is 7. The van der Waals surface area contributed by atoms with Crippen molar-refractivity contribution in [2.24, 2.45) is 0 Å². The molecular weight excluding hydrogens is 871 g/mol. The number of allylic oxidation sites excluding steroid dienone is 14. The molecule has 0 N–H and O–H groups in total. The highest BCUT2D eigenvalue weighted by Crippen LogP contribution is 2.16. The van der Waals surface area contributed by atoms with Crippen LogP contribution in [0.15, 0.2) is 85.1 Å². The number of rotatable bonds is 51. The summed E-state index contributed by atoms with van der Waals surface area (Å²) < 4.78 is 17.3. The quantitative estimate of drug-likeness (QED) is 0.0259. The van der Waals surface area contributed by atoms with Gasteiger partial charge in [0, 0.05) is 19.3 Å². The van der Waals surface area contributed by atoms with Crippen molar-refractivity contribution in [2.75, 3.05) is 41.0 Å². The molecule has 0 radical (unpaired) electrons. The molecule has 0 saturated heterocycles. The van der Waals surface area contributed by atoms with Crippen LogP contribution in [0.2, 0.25) is 0 Å². The molecule has 0 aliphatic rings. The van der Waals surface area contributed by atoms with Crippen LogP contribution in [0.1, 0.15) is 239 Å². The van der Waals surface area contributed by atoms with Gasteiger partial charge in [-0.2, -0.15) is 0 Å². The van der Waals surface area contributed by atoms with Crippen molar-refractivity contribution < 1.29 is 38.2 Å². The van der Waals surface area contributed by atoms with Crippen molar-refractivity contribution in [3.63, 3.8) is 0 Å². The fourth-order valence-electron chi connectivity index (χ4n) is 8.20. The Labute approximate surface area is 431 Å². The number of aliphatic carboxylic acids is 1. The van der Waals surface area contributed by atoms with Crippen molar-refractivity contribution in [1.29, 1.82) is 0 Å². The number of nitrogens with zero attached hydrogens (tertiary/aromatic N) is 1. The minimum Gasteiger partial charge on any atom is -0.544 e. The second-order valence-corrected chi connectivity index (χ2v) is 20.1. The number of carbonyl (C=O) groups excluding carboxylic acids is 3. The minimum absolute atomic E-state index is 0.0363. The van der Waals surface area contributed by atoms with E-state index in [1.54, 1.807) is 21.1 Å². The summed E-state index contributed by atoms with van der Waals surface area (Å²) in [6.45, 7) is 4.46. The SMILES string of the molecule is CC/C=C/C/C=C/C/C=C/C/C=C/CCCCCCCCCCCCC(=O)OC(COCCC(C(=O)[O-])[N+](C)(C)C)COC(=O)CCCCCCCCCCCCCCC/C=C/C/C=C/C/C=C/CC. The van der Waals surface area contributed by atoms with Crippen LogP contribution >= 0.6 is 0 Å². The zero-order valence-corrected chi connectivity index (χ0v) is 45.9. The van der Waals surface area contributed by atoms with Crippen molar-refractivity contribution in [1.82, 2.24) is 0 Å². The predicted molar refractivity (Wildman–Crippen MR) is 295 cm³/mol. The lowest BCUT2D eigenvalue weighted by Gasteiger charge is -2.34. The van der Waals surface area contributed by atoms with Crippen LogP contribution in [0.5, 0.6) is 0 Å². The van der Waals surface area contributed by atoms with Gasteiger partial charge in [0.1, 0.15) is 12.6 Å². The summed E-state index contributed by atoms with van der Waals surface area (Å²) >= 11 is 0. The van der Waals surface area contributed by atoms with Gasteiger partial charge in [-0.1, -0.05) is 221 Å². The summed E-state index contributed by atoms with van der Waals surface area (Å²) in [5, 5.41) is 11.7. The van der Waals surface area contributed by atoms with Gasteiger partial charge in [0.25, 0.3) is 0 Å². The fraction of sp³-hybridized carbons (Fsp3) is 0.726. The summed E-state index contributed by atoms with van der Waals surface area (Å²) in [5.41, 5.74) is 0. The second-order valence-electron chi connectivity index (χ2n) is 20.1. The third kappa shape index (κ3) is 49.5. The number of carboxylic acid groups (broad SMARTS) is 1. The van der Waals surface area contributed by atoms with Gasteiger partial charge in [-0.05, 0) is 83.5 Å². The van der Waals surface area contributed by atoms with Crippen LogP contribution in [0.3, 0.4) is 0 Å². The molecule has 0 aromatic rings. The topological polar surface area (TPSA) is 102 Å². The molecule has 2 atom stereocenters. The Morgan fingerprint density at radius 2 is 0.757 bits per heavy atom. The first-order chi connectivity index (χ1) is 34.1. The summed E-state index contributed by atoms with van der Waals surface area (Å²) in [4.78, 5) is 37.2. The average molecular weight is 979 g/mol. The van der Waals surface area contributed by atoms with E-state index in [0.717, 1.165) is 83.5 Å². The lowest BCUT2D eigenvalue weighted by atomic mass is 10.0. The molecule has 70 heavy (non-hydrogen) atoms. The van der Waals surface area contributed by atoms with E-state index in [1.807, 2.05) is 0 Å². The van der Waals surface area contributed by atoms with Crippen LogP contribution in [0.25, 0.3) is 0 Å². The van der Waals surface area contributed by atoms with E-state index < -0.39 is 18.1 Å². The summed E-state index contributed by atoms with van der Waals surface area (Å²) in [6.07, 6.45) is 69.1. The lowest BCUT2D eigenvalue weighted by molar-refractivity contribution is -0.889. The average Bonchev–Trinajstić information content (AvgIpc) is 3.33. The third-order valence-electron chi connectivity index (χ3n) is 12.5. The highest BCUT2D eigenvalue weighted by molar-refractivity contribution is 5.70. The maximum Gasteiger partial charge on any atom is 0.306 e. The number of likely N-dealkylation sites (N-methyl/N-ethyl adjacent to an activating group) is 1. The second kappa shape index (κ2) is 51.9. The van der Waals surface area contributed by atoms with Gasteiger partial charge in [-0.3, -0.25) is 9.59 Å². The molecule has 0 bridgehead atoms. The number of carboxylic acids is 1. The summed E-state index contributed by atoms with van der Waals surface area (Å²) in [6, 6.07) is -0.731. The zero-order valence-electron chi connectivity index (χ0n) is 45.9. The van der Waals surface area contributed by atoms with E-state index >= 15 is 0 Å². The molecule has 0 aromatic heterocycles. The third-order valence-corrected chi connectivity index (χ3v) is 12.5. The number of carbonyl (C=O) groups is 3. The number of quaternary nitrogens is 1. The Kier molecular flexibility index (Phi) is 49.3. The molecule has 0 fully saturated rings. The number of hydrogen-bond donors (Lipinski definition) is 0. The van der Waals surface area contributed by atoms with Gasteiger partial charge < -0.3 is 28.6 Å². The van der Waals surface area contributed by atoms with Crippen LogP contribution in [0, 0.1) is 0 Å². The van der Waals surface area contributed by atoms with E-state index in [2.05, 4.69) is 98.9 Å². The van der Waals surface area contributed by atoms with E-state index in [0.29, 0.717) is 12.8 Å². The van der Waals surface area contributed by atoms with Gasteiger partial charge in [0.2, 0.25) is 0 Å². The predicted octanol–water partition coefficient (Wildman–Crippen LogP) is 15.9. The Balaban J connectivity index is 4.17. The number of unbranched alkanes of at least 4 members (excludes halogenated alkanes) is 23. The van der Waals surface area contributed by atoms with Crippen molar-refractivity contribution in [2.45, 2.75) is 251 Å². The summed E-state index contributed by atoms with van der Waals surface area (Å²) in [7, 11) is 5.42. The molecule has 0 amide bonds. The molecule has 0 aromatic carbocycles. The van der Waals surface area contributed by atoms with Crippen LogP contribution in [0.4, 0.5) is 0 Å². The molecule has 0 saturated carbocycles. The molecule has 402 valence electrons. The van der Waals surface area contributed by atoms with Gasteiger partial charge >= 0.3 is 11.9 Å². The van der Waals surface area contributed by atoms with Crippen LogP contribution in [-0.4, -0.2) is 75.5 Å². The highest BCUT2D eigenvalue weighted by atomic mass is 16.6. The Bertz CT molecular complexity index is 1420. The minimum atomic E-state index is -1.13. The first-order valence-corrected chi connectivity index (χ1v) is 28.6. The first-order valence-electron chi connectivity index (χ1n) is 28.6. The van der Waals surface area contributed by atoms with Gasteiger partial charge in [-0.25, -0.2) is 0 Å². The van der Waals surface area contributed by atoms with E-state index in [4.69, 9.17) is 14.2 Å². The fourth-order valence-corrected chi connectivity index (χ4v) is 8.20. The van der Waals surface area contributed by atoms with E-state index in [9.17, 15) is 19.5 Å². The Morgan fingerprint density at radius 1 is 0.429 bits per heavy atom. The normalized spacial score (nSPS) is 13.4. The molecule has 2 unspecified atom stereocenters. The maximum atomic E-state index is 12.8. The van der Waals surface area contributed by atoms with Crippen molar-refractivity contribution >= 4 is 17.9 Å². The number of ether oxygens (including phenoxy) is 3. The molecule has 0 aliphatic carbocycles. The highest BCUT2D eigenvalue weighted by Gasteiger charge is 2.25.